The van der Waals surface area contributed by atoms with Crippen LogP contribution in [0.1, 0.15) is 11.1 Å². The SMILES string of the molecule is N#Cc1ccccc1Nc1cc(Cl)ccc1C#N. The fourth-order valence-electron chi connectivity index (χ4n) is 1.55. The lowest BCUT2D eigenvalue weighted by Crippen LogP contribution is -1.96. The molecule has 0 aliphatic carbocycles. The number of nitriles is 2. The maximum absolute atomic E-state index is 9.02. The molecule has 0 aromatic heterocycles. The molecule has 0 spiro atoms. The molecule has 4 heteroatoms. The molecule has 0 radical (unpaired) electrons. The Balaban J connectivity index is 2.44. The van der Waals surface area contributed by atoms with Gasteiger partial charge in [-0.3, -0.25) is 0 Å². The van der Waals surface area contributed by atoms with Gasteiger partial charge in [-0.1, -0.05) is 23.7 Å². The molecule has 1 N–H and O–H groups in total. The zero-order valence-electron chi connectivity index (χ0n) is 9.31. The van der Waals surface area contributed by atoms with E-state index in [-0.39, 0.29) is 0 Å². The average Bonchev–Trinajstić information content (AvgIpc) is 2.40. The van der Waals surface area contributed by atoms with Crippen LogP contribution in [-0.2, 0) is 0 Å². The van der Waals surface area contributed by atoms with Crippen LogP contribution in [0, 0.1) is 22.7 Å². The molecular formula is C14H8ClN3. The maximum atomic E-state index is 9.02. The van der Waals surface area contributed by atoms with Gasteiger partial charge in [0.2, 0.25) is 0 Å². The highest BCUT2D eigenvalue weighted by Crippen LogP contribution is 2.25. The summed E-state index contributed by atoms with van der Waals surface area (Å²) in [5, 5.41) is 21.6. The Labute approximate surface area is 110 Å². The van der Waals surface area contributed by atoms with Crippen molar-refractivity contribution in [3.63, 3.8) is 0 Å². The first kappa shape index (κ1) is 12.0. The summed E-state index contributed by atoms with van der Waals surface area (Å²) in [7, 11) is 0. The third kappa shape index (κ3) is 2.43. The highest BCUT2D eigenvalue weighted by Gasteiger charge is 2.06. The van der Waals surface area contributed by atoms with Gasteiger partial charge in [-0.2, -0.15) is 10.5 Å². The van der Waals surface area contributed by atoms with Gasteiger partial charge >= 0.3 is 0 Å². The first-order chi connectivity index (χ1) is 8.74. The van der Waals surface area contributed by atoms with Crippen LogP contribution >= 0.6 is 11.6 Å². The van der Waals surface area contributed by atoms with Gasteiger partial charge in [0.15, 0.2) is 0 Å². The predicted molar refractivity (Wildman–Crippen MR) is 70.6 cm³/mol. The minimum absolute atomic E-state index is 0.479. The summed E-state index contributed by atoms with van der Waals surface area (Å²) in [5.41, 5.74) is 2.24. The molecule has 2 aromatic rings. The minimum atomic E-state index is 0.479. The number of rotatable bonds is 2. The van der Waals surface area contributed by atoms with Crippen molar-refractivity contribution < 1.29 is 0 Å². The molecule has 2 rings (SSSR count). The Hall–Kier alpha value is -2.49. The number of hydrogen-bond acceptors (Lipinski definition) is 3. The number of benzene rings is 2. The van der Waals surface area contributed by atoms with Crippen LogP contribution in [0.3, 0.4) is 0 Å². The Bertz CT molecular complexity index is 665. The number of para-hydroxylation sites is 1. The van der Waals surface area contributed by atoms with Crippen molar-refractivity contribution in [1.29, 1.82) is 10.5 Å². The first-order valence-corrected chi connectivity index (χ1v) is 5.58. The molecule has 0 saturated heterocycles. The molecule has 0 fully saturated rings. The summed E-state index contributed by atoms with van der Waals surface area (Å²) < 4.78 is 0. The van der Waals surface area contributed by atoms with Gasteiger partial charge in [-0.15, -0.1) is 0 Å². The van der Waals surface area contributed by atoms with Gasteiger partial charge in [-0.25, -0.2) is 0 Å². The predicted octanol–water partition coefficient (Wildman–Crippen LogP) is 3.83. The van der Waals surface area contributed by atoms with Crippen molar-refractivity contribution in [1.82, 2.24) is 0 Å². The van der Waals surface area contributed by atoms with Crippen LogP contribution in [0.5, 0.6) is 0 Å². The molecule has 0 bridgehead atoms. The van der Waals surface area contributed by atoms with E-state index in [1.165, 1.54) is 0 Å². The van der Waals surface area contributed by atoms with E-state index in [0.29, 0.717) is 27.5 Å². The number of nitrogens with zero attached hydrogens (tertiary/aromatic N) is 2. The van der Waals surface area contributed by atoms with E-state index in [4.69, 9.17) is 22.1 Å². The normalized spacial score (nSPS) is 9.28. The Morgan fingerprint density at radius 2 is 1.56 bits per heavy atom. The Morgan fingerprint density at radius 1 is 0.889 bits per heavy atom. The molecule has 86 valence electrons. The van der Waals surface area contributed by atoms with E-state index in [9.17, 15) is 0 Å². The molecule has 0 atom stereocenters. The number of hydrogen-bond donors (Lipinski definition) is 1. The molecule has 18 heavy (non-hydrogen) atoms. The molecule has 0 heterocycles. The second-order valence-corrected chi connectivity index (χ2v) is 4.02. The van der Waals surface area contributed by atoms with E-state index in [0.717, 1.165) is 0 Å². The van der Waals surface area contributed by atoms with Crippen molar-refractivity contribution in [3.8, 4) is 12.1 Å². The molecular weight excluding hydrogens is 246 g/mol. The van der Waals surface area contributed by atoms with Crippen molar-refractivity contribution in [2.75, 3.05) is 5.32 Å². The lowest BCUT2D eigenvalue weighted by atomic mass is 10.1. The Kier molecular flexibility index (Phi) is 3.48. The van der Waals surface area contributed by atoms with Crippen LogP contribution in [0.15, 0.2) is 42.5 Å². The summed E-state index contributed by atoms with van der Waals surface area (Å²) in [6.07, 6.45) is 0. The number of halogens is 1. The van der Waals surface area contributed by atoms with Crippen molar-refractivity contribution in [3.05, 3.63) is 58.6 Å². The molecule has 0 aliphatic heterocycles. The van der Waals surface area contributed by atoms with E-state index in [2.05, 4.69) is 17.5 Å². The van der Waals surface area contributed by atoms with Crippen molar-refractivity contribution in [2.45, 2.75) is 0 Å². The number of anilines is 2. The zero-order valence-corrected chi connectivity index (χ0v) is 10.1. The Morgan fingerprint density at radius 3 is 2.28 bits per heavy atom. The summed E-state index contributed by atoms with van der Waals surface area (Å²) in [6, 6.07) is 16.2. The van der Waals surface area contributed by atoms with Crippen LogP contribution in [0.25, 0.3) is 0 Å². The fourth-order valence-corrected chi connectivity index (χ4v) is 1.72. The highest BCUT2D eigenvalue weighted by molar-refractivity contribution is 6.30. The summed E-state index contributed by atoms with van der Waals surface area (Å²) in [4.78, 5) is 0. The van der Waals surface area contributed by atoms with E-state index >= 15 is 0 Å². The largest absolute Gasteiger partial charge is 0.353 e. The summed E-state index contributed by atoms with van der Waals surface area (Å²) in [5.74, 6) is 0. The van der Waals surface area contributed by atoms with Crippen LogP contribution in [-0.4, -0.2) is 0 Å². The lowest BCUT2D eigenvalue weighted by Gasteiger charge is -2.09. The van der Waals surface area contributed by atoms with Gasteiger partial charge in [0.1, 0.15) is 12.1 Å². The molecule has 0 saturated carbocycles. The zero-order chi connectivity index (χ0) is 13.0. The smallest absolute Gasteiger partial charge is 0.101 e. The summed E-state index contributed by atoms with van der Waals surface area (Å²) in [6.45, 7) is 0. The van der Waals surface area contributed by atoms with E-state index < -0.39 is 0 Å². The maximum Gasteiger partial charge on any atom is 0.101 e. The van der Waals surface area contributed by atoms with E-state index in [1.54, 1.807) is 36.4 Å². The topological polar surface area (TPSA) is 59.6 Å². The molecule has 3 nitrogen and oxygen atoms in total. The third-order valence-corrected chi connectivity index (χ3v) is 2.65. The average molecular weight is 254 g/mol. The van der Waals surface area contributed by atoms with Crippen molar-refractivity contribution >= 4 is 23.0 Å². The number of nitrogens with one attached hydrogen (secondary N) is 1. The van der Waals surface area contributed by atoms with Crippen LogP contribution < -0.4 is 5.32 Å². The summed E-state index contributed by atoms with van der Waals surface area (Å²) >= 11 is 5.90. The molecule has 2 aromatic carbocycles. The quantitative estimate of drug-likeness (QED) is 0.885. The van der Waals surface area contributed by atoms with Gasteiger partial charge < -0.3 is 5.32 Å². The second kappa shape index (κ2) is 5.23. The van der Waals surface area contributed by atoms with Gasteiger partial charge in [0.25, 0.3) is 0 Å². The van der Waals surface area contributed by atoms with Gasteiger partial charge in [0, 0.05) is 5.02 Å². The second-order valence-electron chi connectivity index (χ2n) is 3.58. The lowest BCUT2D eigenvalue weighted by molar-refractivity contribution is 1.44. The minimum Gasteiger partial charge on any atom is -0.353 e. The standard InChI is InChI=1S/C14H8ClN3/c15-12-6-5-11(9-17)14(7-12)18-13-4-2-1-3-10(13)8-16/h1-7,18H. The molecule has 0 unspecified atom stereocenters. The molecule has 0 amide bonds. The van der Waals surface area contributed by atoms with Crippen molar-refractivity contribution in [2.24, 2.45) is 0 Å². The fraction of sp³-hybridized carbons (Fsp3) is 0. The monoisotopic (exact) mass is 253 g/mol. The van der Waals surface area contributed by atoms with Gasteiger partial charge in [-0.05, 0) is 30.3 Å². The van der Waals surface area contributed by atoms with Crippen LogP contribution in [0.4, 0.5) is 11.4 Å². The highest BCUT2D eigenvalue weighted by atomic mass is 35.5. The molecule has 0 aliphatic rings. The third-order valence-electron chi connectivity index (χ3n) is 2.42. The van der Waals surface area contributed by atoms with E-state index in [1.807, 2.05) is 6.07 Å². The van der Waals surface area contributed by atoms with Crippen LogP contribution in [0.2, 0.25) is 5.02 Å². The van der Waals surface area contributed by atoms with Gasteiger partial charge in [0.05, 0.1) is 22.5 Å². The first-order valence-electron chi connectivity index (χ1n) is 5.20.